The molecule has 1 heterocycles. The second kappa shape index (κ2) is 7.30. The lowest BCUT2D eigenvalue weighted by Gasteiger charge is -2.12. The van der Waals surface area contributed by atoms with Crippen molar-refractivity contribution in [3.8, 4) is 0 Å². The molecule has 0 saturated carbocycles. The number of nitro groups is 1. The van der Waals surface area contributed by atoms with E-state index in [1.165, 1.54) is 13.1 Å². The number of hydrogen-bond donors (Lipinski definition) is 3. The second-order valence-corrected chi connectivity index (χ2v) is 7.98. The van der Waals surface area contributed by atoms with Crippen molar-refractivity contribution in [2.75, 3.05) is 24.2 Å². The topological polar surface area (TPSA) is 113 Å². The Morgan fingerprint density at radius 3 is 2.50 bits per heavy atom. The molecular formula is C17H20N4O4S. The molecular weight excluding hydrogens is 356 g/mol. The highest BCUT2D eigenvalue weighted by molar-refractivity contribution is 7.88. The number of hydrogen-bond acceptors (Lipinski definition) is 6. The molecule has 0 aromatic heterocycles. The van der Waals surface area contributed by atoms with Gasteiger partial charge in [0, 0.05) is 30.4 Å². The molecule has 2 aromatic rings. The van der Waals surface area contributed by atoms with Crippen molar-refractivity contribution < 1.29 is 13.3 Å². The zero-order valence-corrected chi connectivity index (χ0v) is 15.1. The van der Waals surface area contributed by atoms with E-state index in [9.17, 15) is 18.5 Å². The SMILES string of the molecule is CNS(=O)(=O)Cc1ccc(CNc2c([N+](=O)[O-])ccc3c2CCN3)cc1. The molecule has 2 aromatic carbocycles. The molecule has 26 heavy (non-hydrogen) atoms. The van der Waals surface area contributed by atoms with Crippen LogP contribution in [0.3, 0.4) is 0 Å². The van der Waals surface area contributed by atoms with E-state index in [1.807, 2.05) is 12.1 Å². The van der Waals surface area contributed by atoms with Gasteiger partial charge in [0.25, 0.3) is 5.69 Å². The third kappa shape index (κ3) is 3.94. The first-order valence-electron chi connectivity index (χ1n) is 8.16. The van der Waals surface area contributed by atoms with Crippen LogP contribution >= 0.6 is 0 Å². The van der Waals surface area contributed by atoms with Gasteiger partial charge < -0.3 is 10.6 Å². The van der Waals surface area contributed by atoms with Crippen LogP contribution in [0.5, 0.6) is 0 Å². The molecule has 3 N–H and O–H groups in total. The number of benzene rings is 2. The van der Waals surface area contributed by atoms with E-state index in [2.05, 4.69) is 15.4 Å². The molecule has 3 rings (SSSR count). The summed E-state index contributed by atoms with van der Waals surface area (Å²) in [6, 6.07) is 10.4. The molecule has 0 bridgehead atoms. The van der Waals surface area contributed by atoms with Crippen LogP contribution in [0.2, 0.25) is 0 Å². The van der Waals surface area contributed by atoms with Crippen molar-refractivity contribution >= 4 is 27.1 Å². The van der Waals surface area contributed by atoms with Crippen molar-refractivity contribution in [2.24, 2.45) is 0 Å². The van der Waals surface area contributed by atoms with Crippen LogP contribution < -0.4 is 15.4 Å². The maximum absolute atomic E-state index is 11.6. The minimum Gasteiger partial charge on any atom is -0.384 e. The molecule has 0 aliphatic carbocycles. The monoisotopic (exact) mass is 376 g/mol. The van der Waals surface area contributed by atoms with Crippen LogP contribution in [-0.4, -0.2) is 26.9 Å². The summed E-state index contributed by atoms with van der Waals surface area (Å²) in [5, 5.41) is 17.7. The van der Waals surface area contributed by atoms with E-state index in [4.69, 9.17) is 0 Å². The average molecular weight is 376 g/mol. The van der Waals surface area contributed by atoms with E-state index in [0.717, 1.165) is 29.8 Å². The first-order valence-corrected chi connectivity index (χ1v) is 9.82. The molecule has 0 atom stereocenters. The summed E-state index contributed by atoms with van der Waals surface area (Å²) < 4.78 is 25.4. The van der Waals surface area contributed by atoms with Crippen LogP contribution in [0.1, 0.15) is 16.7 Å². The molecule has 0 spiro atoms. The first-order chi connectivity index (χ1) is 12.4. The molecule has 9 heteroatoms. The van der Waals surface area contributed by atoms with Gasteiger partial charge in [-0.2, -0.15) is 0 Å². The summed E-state index contributed by atoms with van der Waals surface area (Å²) in [5.74, 6) is -0.0828. The molecule has 0 saturated heterocycles. The van der Waals surface area contributed by atoms with Gasteiger partial charge in [0.2, 0.25) is 10.0 Å². The zero-order chi connectivity index (χ0) is 18.7. The zero-order valence-electron chi connectivity index (χ0n) is 14.3. The van der Waals surface area contributed by atoms with Crippen molar-refractivity contribution in [3.05, 3.63) is 63.2 Å². The van der Waals surface area contributed by atoms with Gasteiger partial charge >= 0.3 is 0 Å². The molecule has 138 valence electrons. The lowest BCUT2D eigenvalue weighted by Crippen LogP contribution is -2.20. The van der Waals surface area contributed by atoms with Crippen LogP contribution in [0.25, 0.3) is 0 Å². The van der Waals surface area contributed by atoms with Gasteiger partial charge in [-0.05, 0) is 30.7 Å². The number of anilines is 2. The molecule has 1 aliphatic rings. The second-order valence-electron chi connectivity index (χ2n) is 6.05. The van der Waals surface area contributed by atoms with Gasteiger partial charge in [-0.15, -0.1) is 0 Å². The lowest BCUT2D eigenvalue weighted by atomic mass is 10.1. The average Bonchev–Trinajstić information content (AvgIpc) is 3.09. The Morgan fingerprint density at radius 1 is 1.15 bits per heavy atom. The normalized spacial score (nSPS) is 13.1. The maximum atomic E-state index is 11.6. The third-order valence-corrected chi connectivity index (χ3v) is 5.67. The fourth-order valence-corrected chi connectivity index (χ4v) is 3.74. The van der Waals surface area contributed by atoms with E-state index in [0.29, 0.717) is 17.8 Å². The van der Waals surface area contributed by atoms with Gasteiger partial charge in [0.05, 0.1) is 10.7 Å². The Kier molecular flexibility index (Phi) is 5.10. The molecule has 8 nitrogen and oxygen atoms in total. The van der Waals surface area contributed by atoms with Crippen LogP contribution in [0.4, 0.5) is 17.1 Å². The fraction of sp³-hybridized carbons (Fsp3) is 0.294. The Bertz CT molecular complexity index is 927. The van der Waals surface area contributed by atoms with Gasteiger partial charge in [-0.1, -0.05) is 24.3 Å². The highest BCUT2D eigenvalue weighted by Gasteiger charge is 2.23. The standard InChI is InChI=1S/C17H20N4O4S/c1-18-26(24,25)11-13-4-2-12(3-5-13)10-20-17-14-8-9-19-15(14)6-7-16(17)21(22)23/h2-7,18-20H,8-11H2,1H3. The van der Waals surface area contributed by atoms with Gasteiger partial charge in [0.1, 0.15) is 5.69 Å². The van der Waals surface area contributed by atoms with Crippen molar-refractivity contribution in [3.63, 3.8) is 0 Å². The van der Waals surface area contributed by atoms with E-state index >= 15 is 0 Å². The van der Waals surface area contributed by atoms with E-state index < -0.39 is 10.0 Å². The Balaban J connectivity index is 1.76. The number of fused-ring (bicyclic) bond motifs is 1. The summed E-state index contributed by atoms with van der Waals surface area (Å²) in [6.45, 7) is 1.18. The fourth-order valence-electron chi connectivity index (χ4n) is 2.97. The van der Waals surface area contributed by atoms with Crippen LogP contribution in [0, 0.1) is 10.1 Å². The number of nitro benzene ring substituents is 1. The van der Waals surface area contributed by atoms with Crippen LogP contribution in [-0.2, 0) is 28.7 Å². The van der Waals surface area contributed by atoms with E-state index in [1.54, 1.807) is 18.2 Å². The molecule has 0 fully saturated rings. The van der Waals surface area contributed by atoms with Crippen LogP contribution in [0.15, 0.2) is 36.4 Å². The minimum absolute atomic E-state index is 0.0594. The molecule has 1 aliphatic heterocycles. The maximum Gasteiger partial charge on any atom is 0.292 e. The Labute approximate surface area is 151 Å². The number of nitrogens with one attached hydrogen (secondary N) is 3. The summed E-state index contributed by atoms with van der Waals surface area (Å²) in [6.07, 6.45) is 0.736. The molecule has 0 unspecified atom stereocenters. The third-order valence-electron chi connectivity index (χ3n) is 4.34. The smallest absolute Gasteiger partial charge is 0.292 e. The summed E-state index contributed by atoms with van der Waals surface area (Å²) in [5.41, 5.74) is 4.04. The first kappa shape index (κ1) is 18.2. The van der Waals surface area contributed by atoms with Gasteiger partial charge in [-0.3, -0.25) is 10.1 Å². The minimum atomic E-state index is -3.31. The molecule has 0 radical (unpaired) electrons. The predicted octanol–water partition coefficient (Wildman–Crippen LogP) is 2.22. The quantitative estimate of drug-likeness (QED) is 0.504. The number of nitrogens with zero attached hydrogens (tertiary/aromatic N) is 1. The highest BCUT2D eigenvalue weighted by Crippen LogP contribution is 2.37. The Hall–Kier alpha value is -2.65. The summed E-state index contributed by atoms with van der Waals surface area (Å²) in [4.78, 5) is 10.9. The summed E-state index contributed by atoms with van der Waals surface area (Å²) in [7, 11) is -1.93. The summed E-state index contributed by atoms with van der Waals surface area (Å²) >= 11 is 0. The van der Waals surface area contributed by atoms with Gasteiger partial charge in [0.15, 0.2) is 0 Å². The van der Waals surface area contributed by atoms with Crippen molar-refractivity contribution in [2.45, 2.75) is 18.7 Å². The van der Waals surface area contributed by atoms with Crippen molar-refractivity contribution in [1.29, 1.82) is 0 Å². The molecule has 0 amide bonds. The number of rotatable bonds is 7. The number of sulfonamides is 1. The lowest BCUT2D eigenvalue weighted by molar-refractivity contribution is -0.384. The predicted molar refractivity (Wildman–Crippen MR) is 101 cm³/mol. The largest absolute Gasteiger partial charge is 0.384 e. The Morgan fingerprint density at radius 2 is 1.85 bits per heavy atom. The van der Waals surface area contributed by atoms with Crippen molar-refractivity contribution in [1.82, 2.24) is 4.72 Å². The highest BCUT2D eigenvalue weighted by atomic mass is 32.2. The van der Waals surface area contributed by atoms with Gasteiger partial charge in [-0.25, -0.2) is 13.1 Å². The van der Waals surface area contributed by atoms with E-state index in [-0.39, 0.29) is 16.4 Å².